The number of ether oxygens (including phenoxy) is 2. The number of aliphatic hydroxyl groups excluding tert-OH is 1. The smallest absolute Gasteiger partial charge is 0.128 e. The van der Waals surface area contributed by atoms with Gasteiger partial charge in [-0.3, -0.25) is 0 Å². The van der Waals surface area contributed by atoms with Crippen molar-refractivity contribution in [1.29, 1.82) is 0 Å². The monoisotopic (exact) mass is 248 g/mol. The maximum absolute atomic E-state index is 9.24. The lowest BCUT2D eigenvalue weighted by atomic mass is 10.2. The topological polar surface area (TPSA) is 38.7 Å². The Kier molecular flexibility index (Phi) is 6.75. The van der Waals surface area contributed by atoms with Crippen LogP contribution in [0.5, 0.6) is 11.5 Å². The van der Waals surface area contributed by atoms with Gasteiger partial charge in [-0.2, -0.15) is 0 Å². The van der Waals surface area contributed by atoms with Crippen molar-refractivity contribution in [2.24, 2.45) is 0 Å². The third kappa shape index (κ3) is 4.68. The van der Waals surface area contributed by atoms with Crippen LogP contribution in [0.4, 0.5) is 0 Å². The van der Waals surface area contributed by atoms with Crippen molar-refractivity contribution in [2.45, 2.75) is 33.3 Å². The van der Waals surface area contributed by atoms with Gasteiger partial charge in [-0.05, 0) is 25.5 Å². The summed E-state index contributed by atoms with van der Waals surface area (Å²) in [5.41, 5.74) is 0.767. The van der Waals surface area contributed by atoms with E-state index < -0.39 is 0 Å². The van der Waals surface area contributed by atoms with Gasteiger partial charge in [0.25, 0.3) is 0 Å². The molecule has 1 rings (SSSR count). The molecule has 0 spiro atoms. The van der Waals surface area contributed by atoms with Crippen LogP contribution in [0, 0.1) is 11.8 Å². The van der Waals surface area contributed by atoms with Gasteiger partial charge in [0.15, 0.2) is 0 Å². The number of aliphatic hydroxyl groups is 1. The second-order valence-corrected chi connectivity index (χ2v) is 3.80. The minimum Gasteiger partial charge on any atom is -0.493 e. The maximum Gasteiger partial charge on any atom is 0.128 e. The molecule has 0 unspecified atom stereocenters. The summed E-state index contributed by atoms with van der Waals surface area (Å²) in [6.45, 7) is 5.02. The highest BCUT2D eigenvalue weighted by Gasteiger charge is 2.05. The lowest BCUT2D eigenvalue weighted by molar-refractivity contribution is 0.262. The third-order valence-electron chi connectivity index (χ3n) is 2.34. The summed E-state index contributed by atoms with van der Waals surface area (Å²) < 4.78 is 11.1. The van der Waals surface area contributed by atoms with E-state index in [1.807, 2.05) is 18.2 Å². The summed E-state index contributed by atoms with van der Waals surface area (Å²) in [6, 6.07) is 5.49. The van der Waals surface area contributed by atoms with E-state index in [9.17, 15) is 5.11 Å². The number of hydrogen-bond acceptors (Lipinski definition) is 3. The van der Waals surface area contributed by atoms with E-state index in [0.29, 0.717) is 25.4 Å². The standard InChI is InChI=1S/C15H20O3/c1-3-5-6-10-18-15-11-14(17-9-4-2)8-7-13(15)12-16/h7-8,11,16H,4,6,9-10,12H2,1-2H3. The van der Waals surface area contributed by atoms with Gasteiger partial charge in [0.05, 0.1) is 19.8 Å². The first-order chi connectivity index (χ1) is 8.81. The molecule has 0 heterocycles. The zero-order chi connectivity index (χ0) is 13.2. The minimum atomic E-state index is -0.0388. The molecule has 18 heavy (non-hydrogen) atoms. The molecular weight excluding hydrogens is 228 g/mol. The molecule has 0 saturated heterocycles. The van der Waals surface area contributed by atoms with E-state index in [0.717, 1.165) is 17.7 Å². The van der Waals surface area contributed by atoms with Crippen LogP contribution in [-0.4, -0.2) is 18.3 Å². The van der Waals surface area contributed by atoms with Crippen LogP contribution < -0.4 is 9.47 Å². The molecule has 1 N–H and O–H groups in total. The van der Waals surface area contributed by atoms with Crippen LogP contribution in [0.15, 0.2) is 18.2 Å². The highest BCUT2D eigenvalue weighted by Crippen LogP contribution is 2.25. The van der Waals surface area contributed by atoms with Crippen molar-refractivity contribution < 1.29 is 14.6 Å². The molecule has 0 aliphatic heterocycles. The molecule has 3 nitrogen and oxygen atoms in total. The Morgan fingerprint density at radius 1 is 1.22 bits per heavy atom. The van der Waals surface area contributed by atoms with Gasteiger partial charge in [-0.25, -0.2) is 0 Å². The molecule has 0 aliphatic rings. The van der Waals surface area contributed by atoms with Crippen LogP contribution in [0.1, 0.15) is 32.3 Å². The van der Waals surface area contributed by atoms with Crippen molar-refractivity contribution in [3.05, 3.63) is 23.8 Å². The van der Waals surface area contributed by atoms with E-state index in [4.69, 9.17) is 9.47 Å². The Bertz CT molecular complexity index is 415. The summed E-state index contributed by atoms with van der Waals surface area (Å²) in [7, 11) is 0. The van der Waals surface area contributed by atoms with Crippen molar-refractivity contribution in [1.82, 2.24) is 0 Å². The lowest BCUT2D eigenvalue weighted by Gasteiger charge is -2.11. The average Bonchev–Trinajstić information content (AvgIpc) is 2.41. The van der Waals surface area contributed by atoms with Crippen molar-refractivity contribution in [2.75, 3.05) is 13.2 Å². The van der Waals surface area contributed by atoms with Crippen LogP contribution in [-0.2, 0) is 6.61 Å². The van der Waals surface area contributed by atoms with Gasteiger partial charge in [0.1, 0.15) is 11.5 Å². The average molecular weight is 248 g/mol. The summed E-state index contributed by atoms with van der Waals surface area (Å²) in [5, 5.41) is 9.24. The molecule has 3 heteroatoms. The molecule has 0 fully saturated rings. The molecule has 0 atom stereocenters. The molecule has 0 radical (unpaired) electrons. The predicted octanol–water partition coefficient (Wildman–Crippen LogP) is 2.76. The van der Waals surface area contributed by atoms with Gasteiger partial charge in [0.2, 0.25) is 0 Å². The minimum absolute atomic E-state index is 0.0388. The fraction of sp³-hybridized carbons (Fsp3) is 0.467. The van der Waals surface area contributed by atoms with Crippen molar-refractivity contribution >= 4 is 0 Å². The van der Waals surface area contributed by atoms with E-state index in [2.05, 4.69) is 18.8 Å². The Hall–Kier alpha value is -1.66. The fourth-order valence-electron chi connectivity index (χ4n) is 1.45. The molecule has 0 amide bonds. The van der Waals surface area contributed by atoms with Crippen molar-refractivity contribution in [3.63, 3.8) is 0 Å². The number of hydrogen-bond donors (Lipinski definition) is 1. The second-order valence-electron chi connectivity index (χ2n) is 3.80. The number of benzene rings is 1. The van der Waals surface area contributed by atoms with Crippen LogP contribution in [0.3, 0.4) is 0 Å². The van der Waals surface area contributed by atoms with Gasteiger partial charge in [-0.1, -0.05) is 6.92 Å². The molecule has 0 bridgehead atoms. The fourth-order valence-corrected chi connectivity index (χ4v) is 1.45. The highest BCUT2D eigenvalue weighted by molar-refractivity contribution is 5.40. The van der Waals surface area contributed by atoms with Crippen LogP contribution in [0.25, 0.3) is 0 Å². The zero-order valence-corrected chi connectivity index (χ0v) is 11.0. The molecule has 1 aromatic carbocycles. The van der Waals surface area contributed by atoms with Gasteiger partial charge >= 0.3 is 0 Å². The Labute approximate surface area is 109 Å². The van der Waals surface area contributed by atoms with E-state index in [1.165, 1.54) is 0 Å². The summed E-state index contributed by atoms with van der Waals surface area (Å²) in [4.78, 5) is 0. The third-order valence-corrected chi connectivity index (χ3v) is 2.34. The zero-order valence-electron chi connectivity index (χ0n) is 11.0. The highest BCUT2D eigenvalue weighted by atomic mass is 16.5. The first kappa shape index (κ1) is 14.4. The second kappa shape index (κ2) is 8.43. The molecule has 0 aliphatic carbocycles. The van der Waals surface area contributed by atoms with Crippen LogP contribution >= 0.6 is 0 Å². The molecule has 0 saturated carbocycles. The largest absolute Gasteiger partial charge is 0.493 e. The summed E-state index contributed by atoms with van der Waals surface area (Å²) >= 11 is 0. The Morgan fingerprint density at radius 3 is 2.72 bits per heavy atom. The maximum atomic E-state index is 9.24. The van der Waals surface area contributed by atoms with Gasteiger partial charge < -0.3 is 14.6 Å². The molecule has 1 aromatic rings. The van der Waals surface area contributed by atoms with Gasteiger partial charge in [0, 0.05) is 18.1 Å². The van der Waals surface area contributed by atoms with Gasteiger partial charge in [-0.15, -0.1) is 11.8 Å². The van der Waals surface area contributed by atoms with E-state index >= 15 is 0 Å². The predicted molar refractivity (Wildman–Crippen MR) is 71.7 cm³/mol. The van der Waals surface area contributed by atoms with Crippen molar-refractivity contribution in [3.8, 4) is 23.3 Å². The van der Waals surface area contributed by atoms with Crippen LogP contribution in [0.2, 0.25) is 0 Å². The SMILES string of the molecule is CC#CCCOc1cc(OCCC)ccc1CO. The summed E-state index contributed by atoms with van der Waals surface area (Å²) in [6.07, 6.45) is 1.64. The first-order valence-corrected chi connectivity index (χ1v) is 6.20. The first-order valence-electron chi connectivity index (χ1n) is 6.20. The summed E-state index contributed by atoms with van der Waals surface area (Å²) in [5.74, 6) is 7.19. The number of rotatable bonds is 7. The molecular formula is C15H20O3. The van der Waals surface area contributed by atoms with E-state index in [-0.39, 0.29) is 6.61 Å². The quantitative estimate of drug-likeness (QED) is 0.595. The Morgan fingerprint density at radius 2 is 2.06 bits per heavy atom. The normalized spacial score (nSPS) is 9.50. The molecule has 98 valence electrons. The lowest BCUT2D eigenvalue weighted by Crippen LogP contribution is -2.01. The molecule has 0 aromatic heterocycles. The Balaban J connectivity index is 2.67. The van der Waals surface area contributed by atoms with E-state index in [1.54, 1.807) is 6.92 Å².